The van der Waals surface area contributed by atoms with E-state index in [1.54, 1.807) is 0 Å². The Kier molecular flexibility index (Phi) is 3.82. The molecule has 0 fully saturated rings. The Morgan fingerprint density at radius 3 is 2.53 bits per heavy atom. The van der Waals surface area contributed by atoms with Gasteiger partial charge in [0.15, 0.2) is 11.6 Å². The minimum atomic E-state index is -0.487. The van der Waals surface area contributed by atoms with Crippen molar-refractivity contribution in [2.75, 3.05) is 5.32 Å². The zero-order valence-corrected chi connectivity index (χ0v) is 10.3. The topological polar surface area (TPSA) is 24.9 Å². The molecule has 0 spiro atoms. The Hall–Kier alpha value is -1.32. The fourth-order valence-electron chi connectivity index (χ4n) is 1.32. The summed E-state index contributed by atoms with van der Waals surface area (Å²) < 4.78 is 13.5. The quantitative estimate of drug-likeness (QED) is 0.839. The molecule has 88 valence electrons. The number of benzene rings is 1. The number of hydrogen-bond donors (Lipinski definition) is 1. The summed E-state index contributed by atoms with van der Waals surface area (Å²) in [6, 6.07) is 8.57. The molecular formula is C12H9Cl2FN2. The van der Waals surface area contributed by atoms with E-state index >= 15 is 0 Å². The van der Waals surface area contributed by atoms with Crippen molar-refractivity contribution in [3.8, 4) is 0 Å². The highest BCUT2D eigenvalue weighted by atomic mass is 35.5. The standard InChI is InChI=1S/C12H9Cl2FN2/c13-6-8-1-3-10(4-2-8)17-12-11(15)5-9(14)7-16-12/h1-5,7H,6H2,(H,16,17). The zero-order valence-electron chi connectivity index (χ0n) is 8.75. The molecule has 2 nitrogen and oxygen atoms in total. The number of anilines is 2. The highest BCUT2D eigenvalue weighted by molar-refractivity contribution is 6.30. The highest BCUT2D eigenvalue weighted by Crippen LogP contribution is 2.20. The average molecular weight is 271 g/mol. The van der Waals surface area contributed by atoms with E-state index in [9.17, 15) is 4.39 Å². The summed E-state index contributed by atoms with van der Waals surface area (Å²) in [4.78, 5) is 3.87. The van der Waals surface area contributed by atoms with Gasteiger partial charge in [-0.05, 0) is 23.8 Å². The summed E-state index contributed by atoms with van der Waals surface area (Å²) >= 11 is 11.3. The van der Waals surface area contributed by atoms with Crippen LogP contribution in [0.15, 0.2) is 36.5 Å². The molecule has 1 aromatic carbocycles. The van der Waals surface area contributed by atoms with Gasteiger partial charge in [0.1, 0.15) is 0 Å². The monoisotopic (exact) mass is 270 g/mol. The molecule has 0 saturated carbocycles. The summed E-state index contributed by atoms with van der Waals surface area (Å²) in [7, 11) is 0. The van der Waals surface area contributed by atoms with E-state index in [0.29, 0.717) is 5.88 Å². The lowest BCUT2D eigenvalue weighted by Crippen LogP contribution is -1.96. The van der Waals surface area contributed by atoms with Crippen LogP contribution in [-0.4, -0.2) is 4.98 Å². The lowest BCUT2D eigenvalue weighted by atomic mass is 10.2. The number of aromatic nitrogens is 1. The van der Waals surface area contributed by atoms with Crippen LogP contribution in [0.5, 0.6) is 0 Å². The van der Waals surface area contributed by atoms with Crippen LogP contribution in [0.2, 0.25) is 5.02 Å². The lowest BCUT2D eigenvalue weighted by molar-refractivity contribution is 0.626. The molecule has 1 heterocycles. The zero-order chi connectivity index (χ0) is 12.3. The molecule has 0 aliphatic carbocycles. The van der Waals surface area contributed by atoms with Crippen molar-refractivity contribution in [3.05, 3.63) is 52.9 Å². The number of rotatable bonds is 3. The first-order valence-electron chi connectivity index (χ1n) is 4.92. The second kappa shape index (κ2) is 5.34. The third-order valence-electron chi connectivity index (χ3n) is 2.18. The van der Waals surface area contributed by atoms with Crippen molar-refractivity contribution in [1.82, 2.24) is 4.98 Å². The maximum atomic E-state index is 13.5. The van der Waals surface area contributed by atoms with E-state index in [-0.39, 0.29) is 10.8 Å². The molecule has 0 radical (unpaired) electrons. The highest BCUT2D eigenvalue weighted by Gasteiger charge is 2.04. The predicted octanol–water partition coefficient (Wildman–Crippen LogP) is 4.36. The van der Waals surface area contributed by atoms with Crippen LogP contribution < -0.4 is 5.32 Å². The third-order valence-corrected chi connectivity index (χ3v) is 2.69. The van der Waals surface area contributed by atoms with Crippen LogP contribution in [0.1, 0.15) is 5.56 Å². The lowest BCUT2D eigenvalue weighted by Gasteiger charge is -2.07. The largest absolute Gasteiger partial charge is 0.338 e. The number of alkyl halides is 1. The van der Waals surface area contributed by atoms with Gasteiger partial charge in [-0.1, -0.05) is 23.7 Å². The predicted molar refractivity (Wildman–Crippen MR) is 68.5 cm³/mol. The Morgan fingerprint density at radius 1 is 1.24 bits per heavy atom. The molecule has 0 atom stereocenters. The van der Waals surface area contributed by atoms with Gasteiger partial charge < -0.3 is 5.32 Å². The Morgan fingerprint density at radius 2 is 1.94 bits per heavy atom. The molecule has 17 heavy (non-hydrogen) atoms. The van der Waals surface area contributed by atoms with Gasteiger partial charge in [-0.2, -0.15) is 0 Å². The van der Waals surface area contributed by atoms with Crippen molar-refractivity contribution in [2.45, 2.75) is 5.88 Å². The second-order valence-corrected chi connectivity index (χ2v) is 4.14. The molecule has 0 unspecified atom stereocenters. The van der Waals surface area contributed by atoms with Crippen molar-refractivity contribution < 1.29 is 4.39 Å². The second-order valence-electron chi connectivity index (χ2n) is 3.44. The first kappa shape index (κ1) is 12.1. The van der Waals surface area contributed by atoms with Gasteiger partial charge in [-0.15, -0.1) is 11.6 Å². The third kappa shape index (κ3) is 3.08. The fraction of sp³-hybridized carbons (Fsp3) is 0.0833. The van der Waals surface area contributed by atoms with E-state index in [0.717, 1.165) is 11.3 Å². The minimum absolute atomic E-state index is 0.146. The van der Waals surface area contributed by atoms with Gasteiger partial charge in [0.2, 0.25) is 0 Å². The number of hydrogen-bond acceptors (Lipinski definition) is 2. The first-order valence-corrected chi connectivity index (χ1v) is 5.83. The van der Waals surface area contributed by atoms with E-state index in [2.05, 4.69) is 10.3 Å². The molecule has 0 aliphatic heterocycles. The molecular weight excluding hydrogens is 262 g/mol. The van der Waals surface area contributed by atoms with E-state index < -0.39 is 5.82 Å². The van der Waals surface area contributed by atoms with Gasteiger partial charge in [-0.3, -0.25) is 0 Å². The number of nitrogens with zero attached hydrogens (tertiary/aromatic N) is 1. The fourth-order valence-corrected chi connectivity index (χ4v) is 1.64. The van der Waals surface area contributed by atoms with Crippen LogP contribution in [-0.2, 0) is 5.88 Å². The van der Waals surface area contributed by atoms with Crippen LogP contribution in [0, 0.1) is 5.82 Å². The SMILES string of the molecule is Fc1cc(Cl)cnc1Nc1ccc(CCl)cc1. The van der Waals surface area contributed by atoms with Crippen LogP contribution >= 0.6 is 23.2 Å². The average Bonchev–Trinajstić information content (AvgIpc) is 2.34. The van der Waals surface area contributed by atoms with Crippen LogP contribution in [0.25, 0.3) is 0 Å². The van der Waals surface area contributed by atoms with Crippen molar-refractivity contribution >= 4 is 34.7 Å². The summed E-state index contributed by atoms with van der Waals surface area (Å²) in [5.74, 6) is 0.111. The van der Waals surface area contributed by atoms with Gasteiger partial charge in [0.25, 0.3) is 0 Å². The van der Waals surface area contributed by atoms with E-state index in [4.69, 9.17) is 23.2 Å². The van der Waals surface area contributed by atoms with Crippen molar-refractivity contribution in [2.24, 2.45) is 0 Å². The van der Waals surface area contributed by atoms with Crippen molar-refractivity contribution in [3.63, 3.8) is 0 Å². The minimum Gasteiger partial charge on any atom is -0.338 e. The Labute approximate surface area is 108 Å². The number of halogens is 3. The summed E-state index contributed by atoms with van der Waals surface area (Å²) in [6.45, 7) is 0. The molecule has 1 aromatic heterocycles. The molecule has 2 rings (SSSR count). The number of nitrogens with one attached hydrogen (secondary N) is 1. The number of pyridine rings is 1. The van der Waals surface area contributed by atoms with E-state index in [1.807, 2.05) is 24.3 Å². The van der Waals surface area contributed by atoms with Gasteiger partial charge in [0, 0.05) is 17.8 Å². The van der Waals surface area contributed by atoms with Crippen molar-refractivity contribution in [1.29, 1.82) is 0 Å². The smallest absolute Gasteiger partial charge is 0.167 e. The van der Waals surface area contributed by atoms with Gasteiger partial charge in [0.05, 0.1) is 5.02 Å². The van der Waals surface area contributed by atoms with Gasteiger partial charge in [-0.25, -0.2) is 9.37 Å². The molecule has 0 amide bonds. The normalized spacial score (nSPS) is 10.3. The van der Waals surface area contributed by atoms with Crippen LogP contribution in [0.4, 0.5) is 15.9 Å². The van der Waals surface area contributed by atoms with Crippen LogP contribution in [0.3, 0.4) is 0 Å². The summed E-state index contributed by atoms with van der Waals surface area (Å²) in [5, 5.41) is 3.13. The molecule has 0 bridgehead atoms. The molecule has 0 aliphatic rings. The Balaban J connectivity index is 2.19. The Bertz CT molecular complexity index is 514. The first-order chi connectivity index (χ1) is 8.19. The molecule has 1 N–H and O–H groups in total. The summed E-state index contributed by atoms with van der Waals surface area (Å²) in [5.41, 5.74) is 1.74. The van der Waals surface area contributed by atoms with E-state index in [1.165, 1.54) is 12.3 Å². The maximum absolute atomic E-state index is 13.5. The molecule has 2 aromatic rings. The molecule has 5 heteroatoms. The summed E-state index contributed by atoms with van der Waals surface area (Å²) in [6.07, 6.45) is 1.39. The maximum Gasteiger partial charge on any atom is 0.167 e. The molecule has 0 saturated heterocycles. The van der Waals surface area contributed by atoms with Gasteiger partial charge >= 0.3 is 0 Å².